The van der Waals surface area contributed by atoms with Crippen LogP contribution in [0.1, 0.15) is 33.3 Å². The molecule has 4 heteroatoms. The van der Waals surface area contributed by atoms with E-state index in [2.05, 4.69) is 19.2 Å². The van der Waals surface area contributed by atoms with E-state index in [4.69, 9.17) is 4.74 Å². The van der Waals surface area contributed by atoms with Crippen LogP contribution in [0.5, 0.6) is 5.75 Å². The monoisotopic (exact) mass is 278 g/mol. The van der Waals surface area contributed by atoms with Crippen molar-refractivity contribution in [2.75, 3.05) is 13.7 Å². The first-order valence-electron chi connectivity index (χ1n) is 7.11. The molecule has 4 nitrogen and oxygen atoms in total. The van der Waals surface area contributed by atoms with E-state index in [1.54, 1.807) is 11.9 Å². The second kappa shape index (κ2) is 7.90. The molecule has 1 N–H and O–H groups in total. The normalized spacial score (nSPS) is 10.9. The van der Waals surface area contributed by atoms with Gasteiger partial charge in [-0.2, -0.15) is 0 Å². The van der Waals surface area contributed by atoms with E-state index >= 15 is 0 Å². The van der Waals surface area contributed by atoms with E-state index in [9.17, 15) is 4.79 Å². The van der Waals surface area contributed by atoms with Crippen LogP contribution < -0.4 is 10.1 Å². The van der Waals surface area contributed by atoms with E-state index in [0.29, 0.717) is 6.04 Å². The second-order valence-corrected chi connectivity index (χ2v) is 5.57. The smallest absolute Gasteiger partial charge is 0.260 e. The number of nitrogens with one attached hydrogen (secondary N) is 1. The van der Waals surface area contributed by atoms with Gasteiger partial charge < -0.3 is 15.0 Å². The van der Waals surface area contributed by atoms with Crippen molar-refractivity contribution in [3.05, 3.63) is 29.8 Å². The molecular formula is C16H26N2O2. The maximum Gasteiger partial charge on any atom is 0.260 e. The molecular weight excluding hydrogens is 252 g/mol. The Kier molecular flexibility index (Phi) is 6.52. The Balaban J connectivity index is 2.52. The van der Waals surface area contributed by atoms with Gasteiger partial charge >= 0.3 is 0 Å². The average molecular weight is 278 g/mol. The number of hydrogen-bond acceptors (Lipinski definition) is 3. The van der Waals surface area contributed by atoms with E-state index in [0.717, 1.165) is 17.9 Å². The third-order valence-electron chi connectivity index (χ3n) is 3.14. The van der Waals surface area contributed by atoms with Crippen LogP contribution in [0.15, 0.2) is 24.3 Å². The Morgan fingerprint density at radius 3 is 2.60 bits per heavy atom. The van der Waals surface area contributed by atoms with E-state index in [1.807, 2.05) is 38.1 Å². The summed E-state index contributed by atoms with van der Waals surface area (Å²) >= 11 is 0. The number of carbonyl (C=O) groups excluding carboxylic acids is 1. The van der Waals surface area contributed by atoms with Crippen LogP contribution in [0.25, 0.3) is 0 Å². The van der Waals surface area contributed by atoms with Crippen molar-refractivity contribution in [1.82, 2.24) is 10.2 Å². The predicted octanol–water partition coefficient (Wildman–Crippen LogP) is 2.43. The molecule has 20 heavy (non-hydrogen) atoms. The molecule has 1 aromatic rings. The first kappa shape index (κ1) is 16.5. The summed E-state index contributed by atoms with van der Waals surface area (Å²) in [6, 6.07) is 8.47. The summed E-state index contributed by atoms with van der Waals surface area (Å²) < 4.78 is 5.57. The lowest BCUT2D eigenvalue weighted by Crippen LogP contribution is -2.36. The van der Waals surface area contributed by atoms with Gasteiger partial charge in [0.05, 0.1) is 0 Å². The van der Waals surface area contributed by atoms with Crippen LogP contribution >= 0.6 is 0 Å². The standard InChI is InChI=1S/C16H26N2O2/c1-12(2)17-10-14-7-6-8-15(9-14)20-11-16(19)18(5)13(3)4/h6-9,12-13,17H,10-11H2,1-5H3. The van der Waals surface area contributed by atoms with Gasteiger partial charge in [0.1, 0.15) is 5.75 Å². The summed E-state index contributed by atoms with van der Waals surface area (Å²) in [4.78, 5) is 13.5. The minimum atomic E-state index is -0.00860. The van der Waals surface area contributed by atoms with Crippen LogP contribution in [0, 0.1) is 0 Å². The van der Waals surface area contributed by atoms with Gasteiger partial charge in [-0.05, 0) is 31.5 Å². The Morgan fingerprint density at radius 1 is 1.30 bits per heavy atom. The third-order valence-corrected chi connectivity index (χ3v) is 3.14. The molecule has 0 aliphatic rings. The summed E-state index contributed by atoms with van der Waals surface area (Å²) in [5.74, 6) is 0.726. The molecule has 0 bridgehead atoms. The third kappa shape index (κ3) is 5.61. The predicted molar refractivity (Wildman–Crippen MR) is 81.8 cm³/mol. The van der Waals surface area contributed by atoms with E-state index in [-0.39, 0.29) is 18.6 Å². The average Bonchev–Trinajstić information content (AvgIpc) is 2.42. The highest BCUT2D eigenvalue weighted by atomic mass is 16.5. The Hall–Kier alpha value is -1.55. The molecule has 0 aliphatic heterocycles. The molecule has 0 unspecified atom stereocenters. The Labute approximate surface area is 122 Å². The summed E-state index contributed by atoms with van der Waals surface area (Å²) in [6.45, 7) is 9.07. The summed E-state index contributed by atoms with van der Waals surface area (Å²) in [5.41, 5.74) is 1.15. The molecule has 112 valence electrons. The van der Waals surface area contributed by atoms with Gasteiger partial charge in [-0.15, -0.1) is 0 Å². The van der Waals surface area contributed by atoms with Crippen LogP contribution in [-0.4, -0.2) is 36.5 Å². The maximum atomic E-state index is 11.8. The molecule has 0 saturated heterocycles. The fourth-order valence-electron chi connectivity index (χ4n) is 1.60. The Bertz CT molecular complexity index is 430. The number of rotatable bonds is 7. The maximum absolute atomic E-state index is 11.8. The fourth-order valence-corrected chi connectivity index (χ4v) is 1.60. The lowest BCUT2D eigenvalue weighted by molar-refractivity contribution is -0.133. The molecule has 1 aromatic carbocycles. The van der Waals surface area contributed by atoms with Gasteiger partial charge in [-0.3, -0.25) is 4.79 Å². The van der Waals surface area contributed by atoms with Gasteiger partial charge in [0.15, 0.2) is 6.61 Å². The summed E-state index contributed by atoms with van der Waals surface area (Å²) in [6.07, 6.45) is 0. The van der Waals surface area contributed by atoms with Crippen molar-refractivity contribution in [3.63, 3.8) is 0 Å². The molecule has 0 aliphatic carbocycles. The zero-order valence-electron chi connectivity index (χ0n) is 13.1. The lowest BCUT2D eigenvalue weighted by atomic mass is 10.2. The highest BCUT2D eigenvalue weighted by Gasteiger charge is 2.12. The van der Waals surface area contributed by atoms with Crippen LogP contribution in [-0.2, 0) is 11.3 Å². The number of hydrogen-bond donors (Lipinski definition) is 1. The van der Waals surface area contributed by atoms with Crippen molar-refractivity contribution >= 4 is 5.91 Å². The molecule has 0 aromatic heterocycles. The van der Waals surface area contributed by atoms with Crippen LogP contribution in [0.3, 0.4) is 0 Å². The number of amides is 1. The molecule has 0 spiro atoms. The quantitative estimate of drug-likeness (QED) is 0.833. The highest BCUT2D eigenvalue weighted by Crippen LogP contribution is 2.13. The van der Waals surface area contributed by atoms with Gasteiger partial charge in [0.2, 0.25) is 0 Å². The molecule has 0 atom stereocenters. The van der Waals surface area contributed by atoms with E-state index < -0.39 is 0 Å². The lowest BCUT2D eigenvalue weighted by Gasteiger charge is -2.21. The zero-order chi connectivity index (χ0) is 15.1. The van der Waals surface area contributed by atoms with Crippen molar-refractivity contribution in [2.24, 2.45) is 0 Å². The number of ether oxygens (including phenoxy) is 1. The molecule has 0 fully saturated rings. The minimum absolute atomic E-state index is 0.00860. The molecule has 0 saturated carbocycles. The first-order chi connectivity index (χ1) is 9.40. The number of carbonyl (C=O) groups is 1. The van der Waals surface area contributed by atoms with Crippen molar-refractivity contribution in [2.45, 2.75) is 46.3 Å². The van der Waals surface area contributed by atoms with Crippen LogP contribution in [0.4, 0.5) is 0 Å². The molecule has 1 rings (SSSR count). The van der Waals surface area contributed by atoms with Crippen molar-refractivity contribution in [3.8, 4) is 5.75 Å². The SMILES string of the molecule is CC(C)NCc1cccc(OCC(=O)N(C)C(C)C)c1. The van der Waals surface area contributed by atoms with Crippen molar-refractivity contribution < 1.29 is 9.53 Å². The largest absolute Gasteiger partial charge is 0.484 e. The number of benzene rings is 1. The summed E-state index contributed by atoms with van der Waals surface area (Å²) in [5, 5.41) is 3.36. The van der Waals surface area contributed by atoms with E-state index in [1.165, 1.54) is 0 Å². The first-order valence-corrected chi connectivity index (χ1v) is 7.11. The number of likely N-dealkylation sites (N-methyl/N-ethyl adjacent to an activating group) is 1. The molecule has 0 radical (unpaired) electrons. The fraction of sp³-hybridized carbons (Fsp3) is 0.562. The molecule has 0 heterocycles. The second-order valence-electron chi connectivity index (χ2n) is 5.57. The van der Waals surface area contributed by atoms with Gasteiger partial charge in [0, 0.05) is 25.7 Å². The van der Waals surface area contributed by atoms with Crippen molar-refractivity contribution in [1.29, 1.82) is 0 Å². The Morgan fingerprint density at radius 2 is 2.00 bits per heavy atom. The minimum Gasteiger partial charge on any atom is -0.484 e. The highest BCUT2D eigenvalue weighted by molar-refractivity contribution is 5.77. The topological polar surface area (TPSA) is 41.6 Å². The summed E-state index contributed by atoms with van der Waals surface area (Å²) in [7, 11) is 1.79. The van der Waals surface area contributed by atoms with Gasteiger partial charge in [-0.25, -0.2) is 0 Å². The van der Waals surface area contributed by atoms with Crippen LogP contribution in [0.2, 0.25) is 0 Å². The number of nitrogens with zero attached hydrogens (tertiary/aromatic N) is 1. The van der Waals surface area contributed by atoms with Gasteiger partial charge in [-0.1, -0.05) is 26.0 Å². The van der Waals surface area contributed by atoms with Gasteiger partial charge in [0.25, 0.3) is 5.91 Å². The zero-order valence-corrected chi connectivity index (χ0v) is 13.1. The molecule has 1 amide bonds.